The zero-order chi connectivity index (χ0) is 14.0. The van der Waals surface area contributed by atoms with Gasteiger partial charge in [-0.2, -0.15) is 0 Å². The molecule has 0 radical (unpaired) electrons. The zero-order valence-corrected chi connectivity index (χ0v) is 13.0. The Balaban J connectivity index is 2.00. The van der Waals surface area contributed by atoms with Crippen LogP contribution in [-0.4, -0.2) is 34.4 Å². The Kier molecular flexibility index (Phi) is 4.58. The third kappa shape index (κ3) is 3.76. The average Bonchev–Trinajstić information content (AvgIpc) is 2.85. The predicted octanol–water partition coefficient (Wildman–Crippen LogP) is 2.25. The van der Waals surface area contributed by atoms with E-state index < -0.39 is 0 Å². The molecule has 1 fully saturated rings. The largest absolute Gasteiger partial charge is 0.352 e. The maximum absolute atomic E-state index is 11.3. The van der Waals surface area contributed by atoms with E-state index in [0.717, 1.165) is 30.2 Å². The van der Waals surface area contributed by atoms with Gasteiger partial charge in [0.25, 0.3) is 0 Å². The summed E-state index contributed by atoms with van der Waals surface area (Å²) in [7, 11) is 0. The summed E-state index contributed by atoms with van der Waals surface area (Å²) in [4.78, 5) is 19.5. The molecule has 19 heavy (non-hydrogen) atoms. The molecule has 0 spiro atoms. The highest BCUT2D eigenvalue weighted by Gasteiger charge is 2.24. The van der Waals surface area contributed by atoms with Gasteiger partial charge in [-0.3, -0.25) is 9.69 Å². The monoisotopic (exact) mass is 281 g/mol. The summed E-state index contributed by atoms with van der Waals surface area (Å²) in [6.45, 7) is 10.4. The molecule has 0 bridgehead atoms. The fourth-order valence-corrected chi connectivity index (χ4v) is 3.42. The van der Waals surface area contributed by atoms with E-state index in [4.69, 9.17) is 0 Å². The first-order valence-corrected chi connectivity index (χ1v) is 7.73. The van der Waals surface area contributed by atoms with E-state index in [1.807, 2.05) is 0 Å². The Morgan fingerprint density at radius 2 is 2.21 bits per heavy atom. The van der Waals surface area contributed by atoms with Crippen molar-refractivity contribution < 1.29 is 4.79 Å². The molecule has 5 heteroatoms. The van der Waals surface area contributed by atoms with Gasteiger partial charge in [0.2, 0.25) is 5.91 Å². The number of carbonyl (C=O) groups is 1. The maximum Gasteiger partial charge on any atom is 0.220 e. The van der Waals surface area contributed by atoms with Crippen molar-refractivity contribution in [1.29, 1.82) is 0 Å². The molecule has 1 amide bonds. The van der Waals surface area contributed by atoms with E-state index >= 15 is 0 Å². The van der Waals surface area contributed by atoms with Crippen LogP contribution in [0.3, 0.4) is 0 Å². The van der Waals surface area contributed by atoms with Gasteiger partial charge >= 0.3 is 0 Å². The van der Waals surface area contributed by atoms with E-state index in [-0.39, 0.29) is 5.91 Å². The minimum absolute atomic E-state index is 0.193. The Bertz CT molecular complexity index is 456. The molecule has 1 aromatic rings. The molecule has 2 heterocycles. The van der Waals surface area contributed by atoms with Gasteiger partial charge < -0.3 is 5.32 Å². The molecule has 4 nitrogen and oxygen atoms in total. The summed E-state index contributed by atoms with van der Waals surface area (Å²) < 4.78 is 0. The van der Waals surface area contributed by atoms with Crippen molar-refractivity contribution in [3.63, 3.8) is 0 Å². The van der Waals surface area contributed by atoms with Crippen LogP contribution in [0, 0.1) is 13.8 Å². The SMILES string of the molecule is Cc1nc(C)c(CN(C[C@@H]2CCC(=O)N2)C(C)C)s1. The van der Waals surface area contributed by atoms with E-state index in [1.54, 1.807) is 11.3 Å². The third-order valence-electron chi connectivity index (χ3n) is 3.62. The number of rotatable bonds is 5. The van der Waals surface area contributed by atoms with Gasteiger partial charge in [0, 0.05) is 36.5 Å². The van der Waals surface area contributed by atoms with Crippen LogP contribution in [0.1, 0.15) is 42.3 Å². The molecular formula is C14H23N3OS. The van der Waals surface area contributed by atoms with Crippen LogP contribution >= 0.6 is 11.3 Å². The van der Waals surface area contributed by atoms with Gasteiger partial charge in [0.05, 0.1) is 10.7 Å². The molecule has 1 aromatic heterocycles. The first-order chi connectivity index (χ1) is 8.95. The first-order valence-electron chi connectivity index (χ1n) is 6.92. The van der Waals surface area contributed by atoms with E-state index in [9.17, 15) is 4.79 Å². The summed E-state index contributed by atoms with van der Waals surface area (Å²) in [5.74, 6) is 0.193. The van der Waals surface area contributed by atoms with Gasteiger partial charge in [-0.25, -0.2) is 4.98 Å². The number of hydrogen-bond donors (Lipinski definition) is 1. The molecule has 0 aliphatic carbocycles. The summed E-state index contributed by atoms with van der Waals surface area (Å²) in [5, 5.41) is 4.18. The van der Waals surface area contributed by atoms with Gasteiger partial charge in [0.1, 0.15) is 0 Å². The number of aryl methyl sites for hydroxylation is 2. The predicted molar refractivity (Wildman–Crippen MR) is 78.3 cm³/mol. The van der Waals surface area contributed by atoms with Gasteiger partial charge in [-0.15, -0.1) is 11.3 Å². The number of nitrogens with one attached hydrogen (secondary N) is 1. The highest BCUT2D eigenvalue weighted by Crippen LogP contribution is 2.21. The molecular weight excluding hydrogens is 258 g/mol. The summed E-state index contributed by atoms with van der Waals surface area (Å²) in [6.07, 6.45) is 1.64. The van der Waals surface area contributed by atoms with Gasteiger partial charge in [-0.1, -0.05) is 0 Å². The molecule has 2 rings (SSSR count). The van der Waals surface area contributed by atoms with Crippen molar-refractivity contribution in [2.24, 2.45) is 0 Å². The Morgan fingerprint density at radius 3 is 2.68 bits per heavy atom. The minimum atomic E-state index is 0.193. The Hall–Kier alpha value is -0.940. The Morgan fingerprint density at radius 1 is 1.47 bits per heavy atom. The summed E-state index contributed by atoms with van der Waals surface area (Å²) >= 11 is 1.78. The number of hydrogen-bond acceptors (Lipinski definition) is 4. The fraction of sp³-hybridized carbons (Fsp3) is 0.714. The number of nitrogens with zero attached hydrogens (tertiary/aromatic N) is 2. The minimum Gasteiger partial charge on any atom is -0.352 e. The molecule has 0 saturated carbocycles. The lowest BCUT2D eigenvalue weighted by molar-refractivity contribution is -0.119. The molecule has 106 valence electrons. The molecule has 0 unspecified atom stereocenters. The lowest BCUT2D eigenvalue weighted by Gasteiger charge is -2.28. The van der Waals surface area contributed by atoms with Crippen LogP contribution in [0.15, 0.2) is 0 Å². The molecule has 1 saturated heterocycles. The second-order valence-corrected chi connectivity index (χ2v) is 6.86. The second kappa shape index (κ2) is 6.01. The van der Waals surface area contributed by atoms with Crippen LogP contribution in [0.5, 0.6) is 0 Å². The molecule has 1 aliphatic heterocycles. The molecule has 1 N–H and O–H groups in total. The van der Waals surface area contributed by atoms with Crippen LogP contribution in [0.4, 0.5) is 0 Å². The fourth-order valence-electron chi connectivity index (χ4n) is 2.46. The van der Waals surface area contributed by atoms with Crippen molar-refractivity contribution >= 4 is 17.2 Å². The van der Waals surface area contributed by atoms with Crippen molar-refractivity contribution in [3.8, 4) is 0 Å². The summed E-state index contributed by atoms with van der Waals surface area (Å²) in [6, 6.07) is 0.781. The lowest BCUT2D eigenvalue weighted by Crippen LogP contribution is -2.41. The quantitative estimate of drug-likeness (QED) is 0.900. The van der Waals surface area contributed by atoms with Crippen molar-refractivity contribution in [2.75, 3.05) is 6.54 Å². The molecule has 1 atom stereocenters. The highest BCUT2D eigenvalue weighted by atomic mass is 32.1. The van der Waals surface area contributed by atoms with Crippen LogP contribution in [-0.2, 0) is 11.3 Å². The third-order valence-corrected chi connectivity index (χ3v) is 4.67. The second-order valence-electron chi connectivity index (χ2n) is 5.57. The highest BCUT2D eigenvalue weighted by molar-refractivity contribution is 7.11. The average molecular weight is 281 g/mol. The first kappa shape index (κ1) is 14.5. The van der Waals surface area contributed by atoms with Crippen LogP contribution in [0.25, 0.3) is 0 Å². The van der Waals surface area contributed by atoms with Crippen molar-refractivity contribution in [1.82, 2.24) is 15.2 Å². The molecule has 0 aromatic carbocycles. The van der Waals surface area contributed by atoms with Gasteiger partial charge in [0.15, 0.2) is 0 Å². The number of aromatic nitrogens is 1. The molecule has 1 aliphatic rings. The summed E-state index contributed by atoms with van der Waals surface area (Å²) in [5.41, 5.74) is 1.14. The lowest BCUT2D eigenvalue weighted by atomic mass is 10.2. The smallest absolute Gasteiger partial charge is 0.220 e. The van der Waals surface area contributed by atoms with Crippen molar-refractivity contribution in [2.45, 2.75) is 59.2 Å². The number of amides is 1. The van der Waals surface area contributed by atoms with E-state index in [0.29, 0.717) is 18.5 Å². The zero-order valence-electron chi connectivity index (χ0n) is 12.2. The Labute approximate surface area is 119 Å². The van der Waals surface area contributed by atoms with E-state index in [2.05, 4.69) is 42.9 Å². The van der Waals surface area contributed by atoms with Gasteiger partial charge in [-0.05, 0) is 34.1 Å². The maximum atomic E-state index is 11.3. The van der Waals surface area contributed by atoms with Crippen LogP contribution in [0.2, 0.25) is 0 Å². The van der Waals surface area contributed by atoms with E-state index in [1.165, 1.54) is 4.88 Å². The number of carbonyl (C=O) groups excluding carboxylic acids is 1. The van der Waals surface area contributed by atoms with Crippen molar-refractivity contribution in [3.05, 3.63) is 15.6 Å². The topological polar surface area (TPSA) is 45.2 Å². The normalized spacial score (nSPS) is 19.5. The van der Waals surface area contributed by atoms with Crippen LogP contribution < -0.4 is 5.32 Å². The standard InChI is InChI=1S/C14H23N3OS/c1-9(2)17(7-12-5-6-14(18)16-12)8-13-10(3)15-11(4)19-13/h9,12H,5-8H2,1-4H3,(H,16,18)/t12-/m0/s1. The number of thiazole rings is 1.